The van der Waals surface area contributed by atoms with Crippen LogP contribution in [0.3, 0.4) is 0 Å². The molecule has 0 radical (unpaired) electrons. The van der Waals surface area contributed by atoms with E-state index in [4.69, 9.17) is 15.4 Å². The molecule has 1 heterocycles. The number of rotatable bonds is 1. The van der Waals surface area contributed by atoms with E-state index in [0.29, 0.717) is 17.7 Å². The molecule has 3 heteroatoms. The van der Waals surface area contributed by atoms with E-state index in [1.807, 2.05) is 19.1 Å². The van der Waals surface area contributed by atoms with Gasteiger partial charge in [0.2, 0.25) is 0 Å². The number of hydrogen-bond acceptors (Lipinski definition) is 3. The van der Waals surface area contributed by atoms with Gasteiger partial charge >= 0.3 is 0 Å². The van der Waals surface area contributed by atoms with E-state index in [1.54, 1.807) is 6.07 Å². The van der Waals surface area contributed by atoms with Crippen LogP contribution in [0.4, 0.5) is 5.69 Å². The number of para-hydroxylation sites is 1. The third-order valence-corrected chi connectivity index (χ3v) is 2.31. The fourth-order valence-corrected chi connectivity index (χ4v) is 1.61. The minimum atomic E-state index is 0.363. The maximum atomic E-state index is 8.67. The first-order valence-corrected chi connectivity index (χ1v) is 4.37. The third kappa shape index (κ3) is 1.12. The van der Waals surface area contributed by atoms with Gasteiger partial charge in [0.05, 0.1) is 18.2 Å². The molecule has 2 rings (SSSR count). The van der Waals surface area contributed by atoms with Crippen LogP contribution >= 0.6 is 0 Å². The minimum absolute atomic E-state index is 0.363. The Morgan fingerprint density at radius 1 is 1.50 bits per heavy atom. The van der Waals surface area contributed by atoms with Crippen LogP contribution in [0, 0.1) is 18.3 Å². The number of aryl methyl sites for hydroxylation is 1. The Hall–Kier alpha value is -1.95. The highest BCUT2D eigenvalue weighted by atomic mass is 16.3. The van der Waals surface area contributed by atoms with Crippen molar-refractivity contribution in [3.05, 3.63) is 29.5 Å². The molecule has 0 fully saturated rings. The SMILES string of the molecule is Cc1oc2c(N)cccc2c1CC#N. The number of benzene rings is 1. The third-order valence-electron chi connectivity index (χ3n) is 2.31. The molecule has 1 aromatic carbocycles. The highest BCUT2D eigenvalue weighted by Crippen LogP contribution is 2.29. The largest absolute Gasteiger partial charge is 0.459 e. The molecule has 14 heavy (non-hydrogen) atoms. The van der Waals surface area contributed by atoms with Gasteiger partial charge in [0, 0.05) is 10.9 Å². The minimum Gasteiger partial charge on any atom is -0.459 e. The van der Waals surface area contributed by atoms with Crippen molar-refractivity contribution in [3.63, 3.8) is 0 Å². The van der Waals surface area contributed by atoms with Gasteiger partial charge < -0.3 is 10.2 Å². The smallest absolute Gasteiger partial charge is 0.157 e. The highest BCUT2D eigenvalue weighted by molar-refractivity contribution is 5.91. The Labute approximate surface area is 81.7 Å². The van der Waals surface area contributed by atoms with Crippen molar-refractivity contribution in [2.45, 2.75) is 13.3 Å². The second kappa shape index (κ2) is 3.08. The van der Waals surface area contributed by atoms with E-state index in [9.17, 15) is 0 Å². The van der Waals surface area contributed by atoms with Crippen molar-refractivity contribution in [2.75, 3.05) is 5.73 Å². The number of hydrogen-bond donors (Lipinski definition) is 1. The number of nitrogen functional groups attached to an aromatic ring is 1. The summed E-state index contributed by atoms with van der Waals surface area (Å²) in [6, 6.07) is 7.71. The number of anilines is 1. The van der Waals surface area contributed by atoms with Crippen molar-refractivity contribution >= 4 is 16.7 Å². The van der Waals surface area contributed by atoms with Crippen LogP contribution in [0.2, 0.25) is 0 Å². The summed E-state index contributed by atoms with van der Waals surface area (Å²) in [6.45, 7) is 1.85. The Balaban J connectivity index is 2.78. The molecule has 0 aliphatic carbocycles. The molecule has 0 atom stereocenters. The van der Waals surface area contributed by atoms with E-state index in [-0.39, 0.29) is 0 Å². The molecule has 0 saturated carbocycles. The first-order valence-electron chi connectivity index (χ1n) is 4.37. The average molecular weight is 186 g/mol. The first kappa shape index (κ1) is 8.64. The van der Waals surface area contributed by atoms with Gasteiger partial charge in [0.1, 0.15) is 5.76 Å². The lowest BCUT2D eigenvalue weighted by atomic mass is 10.1. The predicted molar refractivity (Wildman–Crippen MR) is 54.7 cm³/mol. The molecule has 0 aliphatic heterocycles. The predicted octanol–water partition coefficient (Wildman–Crippen LogP) is 2.39. The molecule has 0 amide bonds. The molecule has 0 bridgehead atoms. The Morgan fingerprint density at radius 3 is 3.00 bits per heavy atom. The molecule has 1 aromatic heterocycles. The zero-order valence-electron chi connectivity index (χ0n) is 7.87. The topological polar surface area (TPSA) is 62.9 Å². The molecule has 2 N–H and O–H groups in total. The van der Waals surface area contributed by atoms with Crippen molar-refractivity contribution < 1.29 is 4.42 Å². The number of nitrogens with two attached hydrogens (primary N) is 1. The average Bonchev–Trinajstić information content (AvgIpc) is 2.47. The lowest BCUT2D eigenvalue weighted by Crippen LogP contribution is -1.85. The van der Waals surface area contributed by atoms with Crippen LogP contribution in [-0.2, 0) is 6.42 Å². The standard InChI is InChI=1S/C11H10N2O/c1-7-8(5-6-12)9-3-2-4-10(13)11(9)14-7/h2-4H,5,13H2,1H3. The summed E-state index contributed by atoms with van der Waals surface area (Å²) < 4.78 is 5.51. The maximum absolute atomic E-state index is 8.67. The molecule has 0 unspecified atom stereocenters. The molecule has 2 aromatic rings. The molecule has 0 spiro atoms. The monoisotopic (exact) mass is 186 g/mol. The van der Waals surface area contributed by atoms with Gasteiger partial charge in [-0.1, -0.05) is 12.1 Å². The second-order valence-corrected chi connectivity index (χ2v) is 3.20. The van der Waals surface area contributed by atoms with Gasteiger partial charge in [-0.05, 0) is 13.0 Å². The summed E-state index contributed by atoms with van der Waals surface area (Å²) in [5.74, 6) is 0.777. The summed E-state index contributed by atoms with van der Waals surface area (Å²) in [4.78, 5) is 0. The van der Waals surface area contributed by atoms with E-state index in [1.165, 1.54) is 0 Å². The van der Waals surface area contributed by atoms with Gasteiger partial charge in [0.15, 0.2) is 5.58 Å². The zero-order chi connectivity index (χ0) is 10.1. The van der Waals surface area contributed by atoms with Gasteiger partial charge in [0.25, 0.3) is 0 Å². The molecular formula is C11H10N2O. The number of fused-ring (bicyclic) bond motifs is 1. The van der Waals surface area contributed by atoms with Gasteiger partial charge in [-0.15, -0.1) is 0 Å². The molecule has 3 nitrogen and oxygen atoms in total. The van der Waals surface area contributed by atoms with Crippen LogP contribution in [0.25, 0.3) is 11.0 Å². The van der Waals surface area contributed by atoms with Crippen LogP contribution in [0.15, 0.2) is 22.6 Å². The van der Waals surface area contributed by atoms with E-state index in [0.717, 1.165) is 16.7 Å². The fourth-order valence-electron chi connectivity index (χ4n) is 1.61. The first-order chi connectivity index (χ1) is 6.74. The number of nitrogens with zero attached hydrogens (tertiary/aromatic N) is 1. The van der Waals surface area contributed by atoms with E-state index in [2.05, 4.69) is 6.07 Å². The normalized spacial score (nSPS) is 10.3. The highest BCUT2D eigenvalue weighted by Gasteiger charge is 2.11. The summed E-state index contributed by atoms with van der Waals surface area (Å²) in [6.07, 6.45) is 0.363. The quantitative estimate of drug-likeness (QED) is 0.695. The zero-order valence-corrected chi connectivity index (χ0v) is 7.87. The van der Waals surface area contributed by atoms with Gasteiger partial charge in [-0.2, -0.15) is 5.26 Å². The molecular weight excluding hydrogens is 176 g/mol. The number of furan rings is 1. The van der Waals surface area contributed by atoms with Crippen LogP contribution < -0.4 is 5.73 Å². The van der Waals surface area contributed by atoms with E-state index < -0.39 is 0 Å². The summed E-state index contributed by atoms with van der Waals surface area (Å²) in [7, 11) is 0. The van der Waals surface area contributed by atoms with Crippen molar-refractivity contribution in [1.29, 1.82) is 5.26 Å². The van der Waals surface area contributed by atoms with Crippen molar-refractivity contribution in [2.24, 2.45) is 0 Å². The van der Waals surface area contributed by atoms with Gasteiger partial charge in [-0.25, -0.2) is 0 Å². The number of nitriles is 1. The van der Waals surface area contributed by atoms with Crippen LogP contribution in [0.1, 0.15) is 11.3 Å². The fraction of sp³-hybridized carbons (Fsp3) is 0.182. The molecule has 70 valence electrons. The lowest BCUT2D eigenvalue weighted by molar-refractivity contribution is 0.575. The maximum Gasteiger partial charge on any atom is 0.157 e. The van der Waals surface area contributed by atoms with Crippen LogP contribution in [0.5, 0.6) is 0 Å². The lowest BCUT2D eigenvalue weighted by Gasteiger charge is -1.93. The second-order valence-electron chi connectivity index (χ2n) is 3.20. The molecule has 0 saturated heterocycles. The van der Waals surface area contributed by atoms with Crippen molar-refractivity contribution in [3.8, 4) is 6.07 Å². The van der Waals surface area contributed by atoms with E-state index >= 15 is 0 Å². The Bertz CT molecular complexity index is 520. The summed E-state index contributed by atoms with van der Waals surface area (Å²) in [5.41, 5.74) is 8.01. The summed E-state index contributed by atoms with van der Waals surface area (Å²) >= 11 is 0. The van der Waals surface area contributed by atoms with Crippen LogP contribution in [-0.4, -0.2) is 0 Å². The molecule has 0 aliphatic rings. The summed E-state index contributed by atoms with van der Waals surface area (Å²) in [5, 5.41) is 9.62. The Kier molecular flexibility index (Phi) is 1.90. The Morgan fingerprint density at radius 2 is 2.29 bits per heavy atom. The van der Waals surface area contributed by atoms with Crippen molar-refractivity contribution in [1.82, 2.24) is 0 Å². The van der Waals surface area contributed by atoms with Gasteiger partial charge in [-0.3, -0.25) is 0 Å².